The van der Waals surface area contributed by atoms with Crippen LogP contribution in [0.5, 0.6) is 0 Å². The van der Waals surface area contributed by atoms with Crippen LogP contribution >= 0.6 is 0 Å². The summed E-state index contributed by atoms with van der Waals surface area (Å²) < 4.78 is 4.71. The van der Waals surface area contributed by atoms with Gasteiger partial charge in [-0.1, -0.05) is 0 Å². The molecule has 0 spiro atoms. The molecule has 0 aromatic rings. The molecule has 14 heavy (non-hydrogen) atoms. The molecule has 4 N–H and O–H groups in total. The maximum atomic E-state index is 9.49. The largest absolute Gasteiger partial charge is 0.394 e. The van der Waals surface area contributed by atoms with Crippen LogP contribution in [0.25, 0.3) is 0 Å². The molecule has 1 unspecified atom stereocenters. The van der Waals surface area contributed by atoms with Crippen LogP contribution in [0.4, 0.5) is 0 Å². The Hall–Kier alpha value is -0.280. The topological polar surface area (TPSA) is 109 Å². The number of aliphatic hydroxyl groups excluding tert-OH is 4. The van der Waals surface area contributed by atoms with Gasteiger partial charge >= 0.3 is 0 Å². The van der Waals surface area contributed by atoms with Crippen LogP contribution in [0.15, 0.2) is 0 Å². The minimum atomic E-state index is -1.52. The van der Waals surface area contributed by atoms with Crippen LogP contribution in [0.3, 0.4) is 0 Å². The Labute approximate surface area is 80.4 Å². The van der Waals surface area contributed by atoms with Crippen molar-refractivity contribution in [2.75, 3.05) is 13.7 Å². The summed E-state index contributed by atoms with van der Waals surface area (Å²) in [6, 6.07) is 0. The second-order valence-corrected chi connectivity index (χ2v) is 2.96. The van der Waals surface area contributed by atoms with E-state index >= 15 is 0 Å². The normalized spacial score (nSPS) is 43.9. The molecule has 0 bridgehead atoms. The Kier molecular flexibility index (Phi) is 4.20. The van der Waals surface area contributed by atoms with Gasteiger partial charge in [-0.3, -0.25) is 0 Å². The molecule has 0 aromatic heterocycles. The highest BCUT2D eigenvalue weighted by atomic mass is 17.2. The van der Waals surface area contributed by atoms with Crippen LogP contribution in [-0.2, 0) is 14.5 Å². The second-order valence-electron chi connectivity index (χ2n) is 2.96. The van der Waals surface area contributed by atoms with Crippen LogP contribution in [-0.4, -0.2) is 64.8 Å². The van der Waals surface area contributed by atoms with E-state index in [0.717, 1.165) is 0 Å². The summed E-state index contributed by atoms with van der Waals surface area (Å²) in [5.74, 6) is 0. The van der Waals surface area contributed by atoms with Gasteiger partial charge in [0.25, 0.3) is 0 Å². The van der Waals surface area contributed by atoms with Gasteiger partial charge < -0.3 is 25.2 Å². The molecular formula is C7H14O7. The first-order valence-electron chi connectivity index (χ1n) is 4.11. The fourth-order valence-corrected chi connectivity index (χ4v) is 1.29. The van der Waals surface area contributed by atoms with Crippen molar-refractivity contribution in [3.05, 3.63) is 0 Å². The van der Waals surface area contributed by atoms with Crippen molar-refractivity contribution in [2.45, 2.75) is 30.7 Å². The fraction of sp³-hybridized carbons (Fsp3) is 1.00. The van der Waals surface area contributed by atoms with Crippen molar-refractivity contribution in [3.63, 3.8) is 0 Å². The summed E-state index contributed by atoms with van der Waals surface area (Å²) >= 11 is 0. The van der Waals surface area contributed by atoms with Gasteiger partial charge in [-0.15, -0.1) is 0 Å². The molecule has 84 valence electrons. The number of ether oxygens (including phenoxy) is 1. The van der Waals surface area contributed by atoms with E-state index in [1.54, 1.807) is 0 Å². The first kappa shape index (κ1) is 11.8. The Bertz CT molecular complexity index is 175. The first-order chi connectivity index (χ1) is 6.61. The summed E-state index contributed by atoms with van der Waals surface area (Å²) in [5.41, 5.74) is 0. The van der Waals surface area contributed by atoms with Crippen LogP contribution in [0.2, 0.25) is 0 Å². The zero-order chi connectivity index (χ0) is 10.7. The molecule has 1 rings (SSSR count). The van der Waals surface area contributed by atoms with E-state index in [2.05, 4.69) is 9.78 Å². The van der Waals surface area contributed by atoms with Crippen LogP contribution < -0.4 is 0 Å². The van der Waals surface area contributed by atoms with E-state index in [0.29, 0.717) is 0 Å². The fourth-order valence-electron chi connectivity index (χ4n) is 1.29. The zero-order valence-electron chi connectivity index (χ0n) is 7.61. The first-order valence-corrected chi connectivity index (χ1v) is 4.11. The molecule has 7 heteroatoms. The van der Waals surface area contributed by atoms with Crippen molar-refractivity contribution in [2.24, 2.45) is 0 Å². The molecule has 1 fully saturated rings. The van der Waals surface area contributed by atoms with Crippen molar-refractivity contribution >= 4 is 0 Å². The van der Waals surface area contributed by atoms with Crippen LogP contribution in [0.1, 0.15) is 0 Å². The molecule has 1 aliphatic rings. The lowest BCUT2D eigenvalue weighted by Crippen LogP contribution is -2.59. The standard InChI is InChI=1S/C7H14O7/c1-12-14-6-4(9)3(2-8)13-7(11)5(6)10/h3-11H,2H2,1H3/t3-,4-,5+,6+,7?/m1/s1. The number of rotatable bonds is 3. The molecular weight excluding hydrogens is 196 g/mol. The Balaban J connectivity index is 2.67. The minimum Gasteiger partial charge on any atom is -0.394 e. The third-order valence-corrected chi connectivity index (χ3v) is 2.05. The lowest BCUT2D eigenvalue weighted by molar-refractivity contribution is -0.383. The van der Waals surface area contributed by atoms with Gasteiger partial charge in [-0.05, 0) is 0 Å². The van der Waals surface area contributed by atoms with E-state index < -0.39 is 37.3 Å². The number of aliphatic hydroxyl groups is 4. The maximum Gasteiger partial charge on any atom is 0.184 e. The Morgan fingerprint density at radius 3 is 2.36 bits per heavy atom. The molecule has 0 radical (unpaired) electrons. The SMILES string of the molecule is COO[C@H]1[C@H](O)[C@@H](CO)OC(O)[C@H]1O. The number of hydrogen-bond acceptors (Lipinski definition) is 7. The lowest BCUT2D eigenvalue weighted by atomic mass is 9.99. The molecule has 0 aliphatic carbocycles. The summed E-state index contributed by atoms with van der Waals surface area (Å²) in [6.07, 6.45) is -6.36. The molecule has 7 nitrogen and oxygen atoms in total. The van der Waals surface area contributed by atoms with Gasteiger partial charge in [-0.25, -0.2) is 9.78 Å². The lowest BCUT2D eigenvalue weighted by Gasteiger charge is -2.38. The summed E-state index contributed by atoms with van der Waals surface area (Å²) in [7, 11) is 1.20. The highest BCUT2D eigenvalue weighted by molar-refractivity contribution is 4.88. The second kappa shape index (κ2) is 4.99. The van der Waals surface area contributed by atoms with Gasteiger partial charge in [0.05, 0.1) is 13.7 Å². The average molecular weight is 210 g/mol. The highest BCUT2D eigenvalue weighted by Crippen LogP contribution is 2.22. The smallest absolute Gasteiger partial charge is 0.184 e. The van der Waals surface area contributed by atoms with Gasteiger partial charge in [0.2, 0.25) is 0 Å². The maximum absolute atomic E-state index is 9.49. The van der Waals surface area contributed by atoms with Gasteiger partial charge in [0, 0.05) is 0 Å². The predicted octanol–water partition coefficient (Wildman–Crippen LogP) is -2.64. The van der Waals surface area contributed by atoms with Crippen LogP contribution in [0, 0.1) is 0 Å². The van der Waals surface area contributed by atoms with Crippen molar-refractivity contribution in [1.82, 2.24) is 0 Å². The molecule has 1 heterocycles. The molecule has 5 atom stereocenters. The minimum absolute atomic E-state index is 0.492. The van der Waals surface area contributed by atoms with Crippen molar-refractivity contribution < 1.29 is 34.9 Å². The zero-order valence-corrected chi connectivity index (χ0v) is 7.61. The Morgan fingerprint density at radius 1 is 1.21 bits per heavy atom. The van der Waals surface area contributed by atoms with Gasteiger partial charge in [0.1, 0.15) is 18.3 Å². The van der Waals surface area contributed by atoms with E-state index in [-0.39, 0.29) is 0 Å². The molecule has 0 saturated carbocycles. The highest BCUT2D eigenvalue weighted by Gasteiger charge is 2.45. The summed E-state index contributed by atoms with van der Waals surface area (Å²) in [6.45, 7) is -0.492. The van der Waals surface area contributed by atoms with E-state index in [1.807, 2.05) is 0 Å². The quantitative estimate of drug-likeness (QED) is 0.298. The van der Waals surface area contributed by atoms with E-state index in [4.69, 9.17) is 14.9 Å². The summed E-state index contributed by atoms with van der Waals surface area (Å²) in [5, 5.41) is 36.8. The summed E-state index contributed by atoms with van der Waals surface area (Å²) in [4.78, 5) is 8.85. The predicted molar refractivity (Wildman–Crippen MR) is 41.9 cm³/mol. The molecule has 0 aromatic carbocycles. The van der Waals surface area contributed by atoms with Crippen molar-refractivity contribution in [1.29, 1.82) is 0 Å². The average Bonchev–Trinajstić information content (AvgIpc) is 2.18. The molecule has 0 amide bonds. The monoisotopic (exact) mass is 210 g/mol. The van der Waals surface area contributed by atoms with E-state index in [9.17, 15) is 10.2 Å². The molecule has 1 aliphatic heterocycles. The third kappa shape index (κ3) is 2.20. The Morgan fingerprint density at radius 2 is 1.86 bits per heavy atom. The van der Waals surface area contributed by atoms with Gasteiger partial charge in [-0.2, -0.15) is 0 Å². The number of hydrogen-bond donors (Lipinski definition) is 4. The third-order valence-electron chi connectivity index (χ3n) is 2.05. The van der Waals surface area contributed by atoms with E-state index in [1.165, 1.54) is 7.11 Å². The van der Waals surface area contributed by atoms with Gasteiger partial charge in [0.15, 0.2) is 12.4 Å². The molecule has 1 saturated heterocycles. The van der Waals surface area contributed by atoms with Crippen molar-refractivity contribution in [3.8, 4) is 0 Å².